The number of rotatable bonds is 2. The number of H-pyrrole nitrogens is 1. The van der Waals surface area contributed by atoms with Crippen LogP contribution >= 0.6 is 11.6 Å². The number of hydrogen-bond acceptors (Lipinski definition) is 7. The van der Waals surface area contributed by atoms with E-state index in [0.717, 1.165) is 6.20 Å². The number of aliphatic hydroxyl groups excluding tert-OH is 2. The van der Waals surface area contributed by atoms with E-state index in [-0.39, 0.29) is 0 Å². The largest absolute Gasteiger partial charge is 0.391 e. The molecule has 1 aliphatic rings. The summed E-state index contributed by atoms with van der Waals surface area (Å²) in [4.78, 5) is 24.7. The molecular formula is C11H12ClN3O6. The Balaban J connectivity index is 2.56. The molecule has 1 saturated heterocycles. The van der Waals surface area contributed by atoms with Gasteiger partial charge in [0.25, 0.3) is 5.56 Å². The number of nitrogens with zero attached hydrogens (tertiary/aromatic N) is 2. The highest BCUT2D eigenvalue weighted by molar-refractivity contribution is 6.30. The van der Waals surface area contributed by atoms with Gasteiger partial charge in [0.2, 0.25) is 5.60 Å². The number of aromatic amines is 1. The predicted molar refractivity (Wildman–Crippen MR) is 69.3 cm³/mol. The van der Waals surface area contributed by atoms with Crippen LogP contribution in [0, 0.1) is 11.3 Å². The molecule has 2 rings (SSSR count). The normalized spacial score (nSPS) is 33.3. The first kappa shape index (κ1) is 15.7. The summed E-state index contributed by atoms with van der Waals surface area (Å²) in [7, 11) is 0. The third kappa shape index (κ3) is 2.59. The van der Waals surface area contributed by atoms with Crippen molar-refractivity contribution in [1.29, 1.82) is 0 Å². The summed E-state index contributed by atoms with van der Waals surface area (Å²) < 4.78 is 5.88. The maximum Gasteiger partial charge on any atom is 0.347 e. The van der Waals surface area contributed by atoms with Gasteiger partial charge in [-0.1, -0.05) is 0 Å². The summed E-state index contributed by atoms with van der Waals surface area (Å²) in [6.45, 7) is 1.33. The van der Waals surface area contributed by atoms with Gasteiger partial charge in [0, 0.05) is 5.38 Å². The van der Waals surface area contributed by atoms with Gasteiger partial charge < -0.3 is 20.1 Å². The Bertz CT molecular complexity index is 704. The monoisotopic (exact) mass is 317 g/mol. The molecule has 0 saturated carbocycles. The van der Waals surface area contributed by atoms with E-state index in [1.54, 1.807) is 0 Å². The van der Waals surface area contributed by atoms with Crippen LogP contribution in [-0.2, 0) is 4.74 Å². The van der Waals surface area contributed by atoms with E-state index in [1.807, 2.05) is 10.4 Å². The van der Waals surface area contributed by atoms with E-state index in [9.17, 15) is 24.9 Å². The second-order valence-electron chi connectivity index (χ2n) is 4.57. The average molecular weight is 318 g/mol. The summed E-state index contributed by atoms with van der Waals surface area (Å²) in [6, 6.07) is 0. The lowest BCUT2D eigenvalue weighted by Crippen LogP contribution is -2.49. The molecule has 2 heterocycles. The predicted octanol–water partition coefficient (Wildman–Crippen LogP) is -2.50. The molecule has 21 heavy (non-hydrogen) atoms. The maximum absolute atomic E-state index is 11.7. The van der Waals surface area contributed by atoms with E-state index in [2.05, 4.69) is 11.0 Å². The number of aliphatic hydroxyl groups is 3. The second kappa shape index (κ2) is 5.59. The highest BCUT2D eigenvalue weighted by Crippen LogP contribution is 2.38. The van der Waals surface area contributed by atoms with Crippen molar-refractivity contribution in [3.8, 4) is 11.3 Å². The van der Waals surface area contributed by atoms with Gasteiger partial charge in [-0.3, -0.25) is 9.78 Å². The molecule has 4 N–H and O–H groups in total. The highest BCUT2D eigenvalue weighted by atomic mass is 35.5. The highest BCUT2D eigenvalue weighted by Gasteiger charge is 2.57. The number of ether oxygens (including phenoxy) is 1. The van der Waals surface area contributed by atoms with Crippen molar-refractivity contribution in [2.75, 3.05) is 0 Å². The van der Waals surface area contributed by atoms with Crippen LogP contribution < -0.4 is 11.2 Å². The Kier molecular flexibility index (Phi) is 4.18. The lowest BCUT2D eigenvalue weighted by atomic mass is 9.93. The number of aromatic nitrogens is 3. The third-order valence-electron chi connectivity index (χ3n) is 3.11. The van der Waals surface area contributed by atoms with Crippen LogP contribution in [0.5, 0.6) is 0 Å². The van der Waals surface area contributed by atoms with Crippen molar-refractivity contribution in [2.45, 2.75) is 37.1 Å². The Morgan fingerprint density at radius 1 is 1.62 bits per heavy atom. The first-order valence-electron chi connectivity index (χ1n) is 5.86. The number of nitrogens with one attached hydrogen (secondary N) is 1. The second-order valence-corrected chi connectivity index (χ2v) is 4.76. The van der Waals surface area contributed by atoms with Gasteiger partial charge in [0.1, 0.15) is 18.4 Å². The molecule has 1 aromatic rings. The molecule has 0 amide bonds. The first-order valence-corrected chi connectivity index (χ1v) is 6.24. The zero-order valence-electron chi connectivity index (χ0n) is 10.7. The third-order valence-corrected chi connectivity index (χ3v) is 3.20. The Morgan fingerprint density at radius 2 is 2.29 bits per heavy atom. The number of hydrogen-bond donors (Lipinski definition) is 4. The quantitative estimate of drug-likeness (QED) is 0.442. The van der Waals surface area contributed by atoms with Gasteiger partial charge in [-0.05, 0) is 24.4 Å². The maximum atomic E-state index is 11.7. The first-order chi connectivity index (χ1) is 9.81. The molecule has 0 aliphatic carbocycles. The molecule has 9 nitrogen and oxygen atoms in total. The van der Waals surface area contributed by atoms with Gasteiger partial charge in [0.05, 0.1) is 6.10 Å². The van der Waals surface area contributed by atoms with Crippen LogP contribution in [0.2, 0.25) is 0 Å². The smallest absolute Gasteiger partial charge is 0.347 e. The summed E-state index contributed by atoms with van der Waals surface area (Å²) >= 11 is 5.27. The standard InChI is InChI=1S/C11H12ClN3O6/c1-5(16)7-8(18)11(20,2-3-12)9(21-7)15-10(19)14-6(17)4-13-15/h4-5,7-9,16,18,20H,1H3,(H,14,17,19)/t5-,7+,8?,9+,11+/m0/s1. The fourth-order valence-electron chi connectivity index (χ4n) is 2.09. The van der Waals surface area contributed by atoms with Crippen LogP contribution in [0.1, 0.15) is 13.2 Å². The fraction of sp³-hybridized carbons (Fsp3) is 0.545. The van der Waals surface area contributed by atoms with Gasteiger partial charge in [-0.25, -0.2) is 4.79 Å². The average Bonchev–Trinajstić information content (AvgIpc) is 2.64. The van der Waals surface area contributed by atoms with Crippen LogP contribution in [-0.4, -0.2) is 54.0 Å². The molecule has 5 atom stereocenters. The molecule has 10 heteroatoms. The molecule has 114 valence electrons. The van der Waals surface area contributed by atoms with E-state index < -0.39 is 41.4 Å². The molecule has 0 radical (unpaired) electrons. The topological polar surface area (TPSA) is 138 Å². The number of halogens is 1. The zero-order chi connectivity index (χ0) is 15.8. The molecule has 0 aromatic carbocycles. The van der Waals surface area contributed by atoms with Crippen LogP contribution in [0.3, 0.4) is 0 Å². The SMILES string of the molecule is C[C@H](O)[C@H]1O[C@@H](n2ncc(=O)[nH]c2=O)[C@@](O)(C#CCl)C1O. The summed E-state index contributed by atoms with van der Waals surface area (Å²) in [5.74, 6) is 2.14. The van der Waals surface area contributed by atoms with Crippen LogP contribution in [0.15, 0.2) is 15.8 Å². The zero-order valence-corrected chi connectivity index (χ0v) is 11.5. The van der Waals surface area contributed by atoms with Gasteiger partial charge >= 0.3 is 5.69 Å². The Morgan fingerprint density at radius 3 is 2.81 bits per heavy atom. The molecule has 1 aromatic heterocycles. The summed E-state index contributed by atoms with van der Waals surface area (Å²) in [6.07, 6.45) is -4.79. The molecule has 1 fully saturated rings. The minimum atomic E-state index is -2.28. The molecule has 0 bridgehead atoms. The minimum absolute atomic E-state index is 0.605. The van der Waals surface area contributed by atoms with Crippen molar-refractivity contribution in [1.82, 2.24) is 14.8 Å². The lowest BCUT2D eigenvalue weighted by Gasteiger charge is -2.25. The van der Waals surface area contributed by atoms with Gasteiger partial charge in [-0.15, -0.1) is 0 Å². The van der Waals surface area contributed by atoms with E-state index in [4.69, 9.17) is 16.3 Å². The summed E-state index contributed by atoms with van der Waals surface area (Å²) in [5.41, 5.74) is -3.99. The fourth-order valence-corrected chi connectivity index (χ4v) is 2.24. The molecule has 0 spiro atoms. The minimum Gasteiger partial charge on any atom is -0.391 e. The van der Waals surface area contributed by atoms with Gasteiger partial charge in [0.15, 0.2) is 6.23 Å². The molecule has 1 unspecified atom stereocenters. The van der Waals surface area contributed by atoms with Crippen molar-refractivity contribution in [2.24, 2.45) is 0 Å². The van der Waals surface area contributed by atoms with Crippen LogP contribution in [0.4, 0.5) is 0 Å². The van der Waals surface area contributed by atoms with Crippen molar-refractivity contribution in [3.05, 3.63) is 27.0 Å². The van der Waals surface area contributed by atoms with Crippen molar-refractivity contribution < 1.29 is 20.1 Å². The Labute approximate surface area is 122 Å². The van der Waals surface area contributed by atoms with Crippen LogP contribution in [0.25, 0.3) is 0 Å². The van der Waals surface area contributed by atoms with Crippen molar-refractivity contribution >= 4 is 11.6 Å². The molecular weight excluding hydrogens is 306 g/mol. The molecule has 1 aliphatic heterocycles. The Hall–Kier alpha value is -1.70. The van der Waals surface area contributed by atoms with Crippen molar-refractivity contribution in [3.63, 3.8) is 0 Å². The van der Waals surface area contributed by atoms with Gasteiger partial charge in [-0.2, -0.15) is 9.78 Å². The van der Waals surface area contributed by atoms with E-state index >= 15 is 0 Å². The van der Waals surface area contributed by atoms with E-state index in [0.29, 0.717) is 4.68 Å². The lowest BCUT2D eigenvalue weighted by molar-refractivity contribution is -0.0947. The summed E-state index contributed by atoms with van der Waals surface area (Å²) in [5, 5.41) is 35.5. The van der Waals surface area contributed by atoms with E-state index in [1.165, 1.54) is 6.92 Å².